The Kier molecular flexibility index (Phi) is 5.41. The largest absolute Gasteiger partial charge is 0.493 e. The van der Waals surface area contributed by atoms with Crippen LogP contribution in [0.25, 0.3) is 6.08 Å². The first-order valence-corrected chi connectivity index (χ1v) is 7.02. The van der Waals surface area contributed by atoms with E-state index in [-0.39, 0.29) is 0 Å². The van der Waals surface area contributed by atoms with Gasteiger partial charge in [-0.15, -0.1) is 0 Å². The molecule has 1 aliphatic rings. The van der Waals surface area contributed by atoms with E-state index in [1.165, 1.54) is 13.2 Å². The van der Waals surface area contributed by atoms with Gasteiger partial charge in [0.15, 0.2) is 11.5 Å². The third-order valence-corrected chi connectivity index (χ3v) is 3.61. The molecule has 6 heteroatoms. The molecular weight excluding hydrogens is 288 g/mol. The lowest BCUT2D eigenvalue weighted by molar-refractivity contribution is -0.148. The lowest BCUT2D eigenvalue weighted by Crippen LogP contribution is -2.32. The van der Waals surface area contributed by atoms with Gasteiger partial charge in [0.1, 0.15) is 12.2 Å². The Bertz CT molecular complexity index is 554. The van der Waals surface area contributed by atoms with Crippen LogP contribution in [-0.4, -0.2) is 48.7 Å². The van der Waals surface area contributed by atoms with Gasteiger partial charge in [-0.2, -0.15) is 0 Å². The summed E-state index contributed by atoms with van der Waals surface area (Å²) in [5.41, 5.74) is 0.751. The normalized spacial score (nSPS) is 24.5. The van der Waals surface area contributed by atoms with E-state index in [0.29, 0.717) is 24.3 Å². The van der Waals surface area contributed by atoms with Crippen molar-refractivity contribution in [2.75, 3.05) is 14.2 Å². The van der Waals surface area contributed by atoms with E-state index in [1.54, 1.807) is 31.4 Å². The summed E-state index contributed by atoms with van der Waals surface area (Å²) >= 11 is 0. The van der Waals surface area contributed by atoms with Gasteiger partial charge in [-0.05, 0) is 36.6 Å². The number of methoxy groups -OCH3 is 2. The molecule has 2 rings (SSSR count). The Morgan fingerprint density at radius 1 is 1.18 bits per heavy atom. The highest BCUT2D eigenvalue weighted by Crippen LogP contribution is 2.28. The van der Waals surface area contributed by atoms with E-state index in [2.05, 4.69) is 0 Å². The molecule has 0 aliphatic heterocycles. The average Bonchev–Trinajstić information content (AvgIpc) is 2.84. The fourth-order valence-electron chi connectivity index (χ4n) is 2.36. The lowest BCUT2D eigenvalue weighted by atomic mass is 10.2. The van der Waals surface area contributed by atoms with Gasteiger partial charge in [-0.1, -0.05) is 6.07 Å². The number of hydrogen-bond acceptors (Lipinski definition) is 6. The van der Waals surface area contributed by atoms with Gasteiger partial charge in [0.2, 0.25) is 0 Å². The molecule has 120 valence electrons. The third-order valence-electron chi connectivity index (χ3n) is 3.61. The summed E-state index contributed by atoms with van der Waals surface area (Å²) in [5.74, 6) is 0.602. The minimum atomic E-state index is -1.02. The van der Waals surface area contributed by atoms with Crippen molar-refractivity contribution >= 4 is 12.0 Å². The number of aliphatic hydroxyl groups excluding tert-OH is 2. The molecule has 0 saturated heterocycles. The number of ether oxygens (including phenoxy) is 3. The highest BCUT2D eigenvalue weighted by Gasteiger charge is 2.35. The minimum Gasteiger partial charge on any atom is -0.493 e. The zero-order chi connectivity index (χ0) is 16.1. The van der Waals surface area contributed by atoms with Crippen LogP contribution in [0.4, 0.5) is 0 Å². The topological polar surface area (TPSA) is 85.2 Å². The second-order valence-corrected chi connectivity index (χ2v) is 5.06. The Hall–Kier alpha value is -2.05. The van der Waals surface area contributed by atoms with Crippen molar-refractivity contribution < 1.29 is 29.2 Å². The van der Waals surface area contributed by atoms with Crippen molar-refractivity contribution in [2.45, 2.75) is 31.2 Å². The number of rotatable bonds is 5. The molecule has 0 bridgehead atoms. The maximum absolute atomic E-state index is 11.7. The molecule has 22 heavy (non-hydrogen) atoms. The van der Waals surface area contributed by atoms with Crippen LogP contribution in [0.3, 0.4) is 0 Å². The van der Waals surface area contributed by atoms with Crippen molar-refractivity contribution in [3.8, 4) is 11.5 Å². The summed E-state index contributed by atoms with van der Waals surface area (Å²) in [5, 5.41) is 19.0. The molecule has 1 fully saturated rings. The predicted octanol–water partition coefficient (Wildman–Crippen LogP) is 1.14. The summed E-state index contributed by atoms with van der Waals surface area (Å²) < 4.78 is 15.4. The van der Waals surface area contributed by atoms with Crippen molar-refractivity contribution in [3.05, 3.63) is 29.8 Å². The maximum atomic E-state index is 11.7. The van der Waals surface area contributed by atoms with Crippen molar-refractivity contribution in [3.63, 3.8) is 0 Å². The summed E-state index contributed by atoms with van der Waals surface area (Å²) in [4.78, 5) is 11.7. The maximum Gasteiger partial charge on any atom is 0.331 e. The van der Waals surface area contributed by atoms with Crippen molar-refractivity contribution in [1.29, 1.82) is 0 Å². The summed E-state index contributed by atoms with van der Waals surface area (Å²) in [7, 11) is 3.08. The Balaban J connectivity index is 1.98. The molecule has 0 unspecified atom stereocenters. The fourth-order valence-corrected chi connectivity index (χ4v) is 2.36. The van der Waals surface area contributed by atoms with E-state index in [9.17, 15) is 15.0 Å². The number of aliphatic hydroxyl groups is 2. The second kappa shape index (κ2) is 7.29. The molecular formula is C16H20O6. The molecule has 2 N–H and O–H groups in total. The number of carbonyl (C=O) groups is 1. The van der Waals surface area contributed by atoms with Crippen LogP contribution in [0.1, 0.15) is 18.4 Å². The number of hydrogen-bond donors (Lipinski definition) is 2. The Labute approximate surface area is 128 Å². The first kappa shape index (κ1) is 16.3. The second-order valence-electron chi connectivity index (χ2n) is 5.06. The fraction of sp³-hybridized carbons (Fsp3) is 0.438. The van der Waals surface area contributed by atoms with E-state index in [1.807, 2.05) is 0 Å². The first-order chi connectivity index (χ1) is 10.5. The van der Waals surface area contributed by atoms with Crippen LogP contribution >= 0.6 is 0 Å². The lowest BCUT2D eigenvalue weighted by Gasteiger charge is -2.15. The zero-order valence-corrected chi connectivity index (χ0v) is 12.6. The highest BCUT2D eigenvalue weighted by molar-refractivity contribution is 5.87. The SMILES string of the molecule is COc1ccc(C=CC(=O)O[C@H]2CC[C@H](O)[C@@H]2O)cc1OC. The van der Waals surface area contributed by atoms with Crippen LogP contribution in [0.5, 0.6) is 11.5 Å². The smallest absolute Gasteiger partial charge is 0.331 e. The monoisotopic (exact) mass is 308 g/mol. The molecule has 6 nitrogen and oxygen atoms in total. The van der Waals surface area contributed by atoms with Gasteiger partial charge in [-0.25, -0.2) is 4.79 Å². The molecule has 3 atom stereocenters. The molecule has 1 saturated carbocycles. The molecule has 1 aromatic carbocycles. The molecule has 0 spiro atoms. The van der Waals surface area contributed by atoms with Crippen LogP contribution in [0, 0.1) is 0 Å². The number of esters is 1. The minimum absolute atomic E-state index is 0.429. The van der Waals surface area contributed by atoms with Gasteiger partial charge >= 0.3 is 5.97 Å². The van der Waals surface area contributed by atoms with Crippen molar-refractivity contribution in [1.82, 2.24) is 0 Å². The zero-order valence-electron chi connectivity index (χ0n) is 12.6. The van der Waals surface area contributed by atoms with Crippen LogP contribution in [0.15, 0.2) is 24.3 Å². The molecule has 0 amide bonds. The van der Waals surface area contributed by atoms with E-state index < -0.39 is 24.3 Å². The molecule has 0 heterocycles. The first-order valence-electron chi connectivity index (χ1n) is 7.02. The van der Waals surface area contributed by atoms with Gasteiger partial charge in [0.05, 0.1) is 20.3 Å². The predicted molar refractivity (Wildman–Crippen MR) is 79.7 cm³/mol. The van der Waals surface area contributed by atoms with Crippen LogP contribution in [-0.2, 0) is 9.53 Å². The molecule has 1 aromatic rings. The standard InChI is InChI=1S/C16H20O6/c1-20-12-6-3-10(9-14(12)21-2)4-8-15(18)22-13-7-5-11(17)16(13)19/h3-4,6,8-9,11,13,16-17,19H,5,7H2,1-2H3/t11-,13-,16-/m0/s1. The third kappa shape index (κ3) is 3.78. The van der Waals surface area contributed by atoms with Gasteiger partial charge < -0.3 is 24.4 Å². The molecule has 0 radical (unpaired) electrons. The van der Waals surface area contributed by atoms with Gasteiger partial charge in [0, 0.05) is 6.08 Å². The molecule has 0 aromatic heterocycles. The highest BCUT2D eigenvalue weighted by atomic mass is 16.6. The summed E-state index contributed by atoms with van der Waals surface area (Å²) in [6.45, 7) is 0. The average molecular weight is 308 g/mol. The van der Waals surface area contributed by atoms with E-state index in [0.717, 1.165) is 5.56 Å². The summed E-state index contributed by atoms with van der Waals surface area (Å²) in [6.07, 6.45) is 1.25. The van der Waals surface area contributed by atoms with Gasteiger partial charge in [0.25, 0.3) is 0 Å². The van der Waals surface area contributed by atoms with E-state index >= 15 is 0 Å². The quantitative estimate of drug-likeness (QED) is 0.627. The summed E-state index contributed by atoms with van der Waals surface area (Å²) in [6, 6.07) is 5.25. The number of benzene rings is 1. The van der Waals surface area contributed by atoms with Crippen LogP contribution in [0.2, 0.25) is 0 Å². The Morgan fingerprint density at radius 2 is 1.91 bits per heavy atom. The van der Waals surface area contributed by atoms with Crippen LogP contribution < -0.4 is 9.47 Å². The van der Waals surface area contributed by atoms with Gasteiger partial charge in [-0.3, -0.25) is 0 Å². The van der Waals surface area contributed by atoms with E-state index in [4.69, 9.17) is 14.2 Å². The number of carbonyl (C=O) groups excluding carboxylic acids is 1. The molecule has 1 aliphatic carbocycles. The Morgan fingerprint density at radius 3 is 2.50 bits per heavy atom. The van der Waals surface area contributed by atoms with Crippen molar-refractivity contribution in [2.24, 2.45) is 0 Å².